The summed E-state index contributed by atoms with van der Waals surface area (Å²) >= 11 is 0. The third kappa shape index (κ3) is 5.56. The number of hydrazone groups is 1. The molecule has 2 aromatic carbocycles. The summed E-state index contributed by atoms with van der Waals surface area (Å²) in [6, 6.07) is 6.27. The van der Waals surface area contributed by atoms with E-state index in [1.54, 1.807) is 0 Å². The second-order valence-corrected chi connectivity index (χ2v) is 8.51. The number of benzene rings is 2. The molecule has 0 radical (unpaired) electrons. The Bertz CT molecular complexity index is 1540. The Kier molecular flexibility index (Phi) is 6.52. The van der Waals surface area contributed by atoms with Gasteiger partial charge >= 0.3 is 12.4 Å². The van der Waals surface area contributed by atoms with Gasteiger partial charge in [-0.25, -0.2) is 13.8 Å². The van der Waals surface area contributed by atoms with E-state index in [0.717, 1.165) is 6.07 Å². The number of H-pyrrole nitrogens is 1. The second kappa shape index (κ2) is 9.71. The zero-order chi connectivity index (χ0) is 27.9. The first-order valence-corrected chi connectivity index (χ1v) is 11.2. The van der Waals surface area contributed by atoms with Gasteiger partial charge in [0, 0.05) is 23.7 Å². The van der Waals surface area contributed by atoms with E-state index in [-0.39, 0.29) is 48.7 Å². The molecule has 204 valence electrons. The highest BCUT2D eigenvalue weighted by atomic mass is 19.4. The number of hydrogen-bond donors (Lipinski definition) is 2. The predicted octanol–water partition coefficient (Wildman–Crippen LogP) is 6.34. The number of nitrogens with zero attached hydrogens (tertiary/aromatic N) is 4. The molecule has 0 unspecified atom stereocenters. The Balaban J connectivity index is 1.28. The summed E-state index contributed by atoms with van der Waals surface area (Å²) < 4.78 is 112. The van der Waals surface area contributed by atoms with Gasteiger partial charge < -0.3 is 14.8 Å². The maximum Gasteiger partial charge on any atom is 0.417 e. The molecule has 39 heavy (non-hydrogen) atoms. The zero-order valence-corrected chi connectivity index (χ0v) is 19.5. The number of imidazole rings is 1. The molecule has 2 aromatic heterocycles. The molecule has 1 aliphatic rings. The summed E-state index contributed by atoms with van der Waals surface area (Å²) in [6.45, 7) is 0.0824. The maximum absolute atomic E-state index is 13.9. The summed E-state index contributed by atoms with van der Waals surface area (Å²) in [5, 5.41) is 12.1. The number of anilines is 1. The molecule has 0 saturated carbocycles. The number of alkyl halides is 6. The SMILES string of the molecule is Fc1cccc(CNc2nc3c([nH]2)C=NN(Cc2cc(-c4ccc(C(F)(F)F)cc4C(F)(F)F)no2)C3)c1F. The number of aromatic amines is 1. The van der Waals surface area contributed by atoms with Crippen LogP contribution in [0.2, 0.25) is 0 Å². The van der Waals surface area contributed by atoms with Crippen LogP contribution in [-0.4, -0.2) is 26.3 Å². The molecule has 0 bridgehead atoms. The molecule has 15 heteroatoms. The van der Waals surface area contributed by atoms with Crippen LogP contribution in [0.4, 0.5) is 41.1 Å². The lowest BCUT2D eigenvalue weighted by Gasteiger charge is -2.19. The van der Waals surface area contributed by atoms with E-state index >= 15 is 0 Å². The highest BCUT2D eigenvalue weighted by molar-refractivity contribution is 5.80. The van der Waals surface area contributed by atoms with E-state index in [9.17, 15) is 35.1 Å². The van der Waals surface area contributed by atoms with Gasteiger partial charge in [0.25, 0.3) is 0 Å². The second-order valence-electron chi connectivity index (χ2n) is 8.51. The molecule has 0 aliphatic carbocycles. The van der Waals surface area contributed by atoms with E-state index in [2.05, 4.69) is 25.5 Å². The van der Waals surface area contributed by atoms with E-state index in [4.69, 9.17) is 4.52 Å². The Morgan fingerprint density at radius 3 is 2.54 bits per heavy atom. The van der Waals surface area contributed by atoms with Gasteiger partial charge in [0.1, 0.15) is 5.69 Å². The molecule has 7 nitrogen and oxygen atoms in total. The van der Waals surface area contributed by atoms with Gasteiger partial charge in [-0.1, -0.05) is 23.4 Å². The zero-order valence-electron chi connectivity index (χ0n) is 19.5. The van der Waals surface area contributed by atoms with E-state index in [0.29, 0.717) is 23.5 Å². The maximum atomic E-state index is 13.9. The minimum Gasteiger partial charge on any atom is -0.359 e. The van der Waals surface area contributed by atoms with Gasteiger partial charge in [0.05, 0.1) is 41.8 Å². The fourth-order valence-corrected chi connectivity index (χ4v) is 3.92. The molecule has 4 aromatic rings. The highest BCUT2D eigenvalue weighted by Crippen LogP contribution is 2.40. The first-order valence-electron chi connectivity index (χ1n) is 11.2. The smallest absolute Gasteiger partial charge is 0.359 e. The molecule has 0 amide bonds. The predicted molar refractivity (Wildman–Crippen MR) is 121 cm³/mol. The number of hydrogen-bond acceptors (Lipinski definition) is 6. The fourth-order valence-electron chi connectivity index (χ4n) is 3.92. The Morgan fingerprint density at radius 2 is 1.79 bits per heavy atom. The topological polar surface area (TPSA) is 82.3 Å². The highest BCUT2D eigenvalue weighted by Gasteiger charge is 2.39. The number of rotatable bonds is 6. The fraction of sp³-hybridized carbons (Fsp3) is 0.208. The quantitative estimate of drug-likeness (QED) is 0.271. The monoisotopic (exact) mass is 556 g/mol. The molecule has 5 rings (SSSR count). The number of aromatic nitrogens is 3. The number of fused-ring (bicyclic) bond motifs is 1. The van der Waals surface area contributed by atoms with Crippen LogP contribution in [0.5, 0.6) is 0 Å². The van der Waals surface area contributed by atoms with Crippen LogP contribution in [0.15, 0.2) is 52.1 Å². The lowest BCUT2D eigenvalue weighted by molar-refractivity contribution is -0.142. The molecular weight excluding hydrogens is 540 g/mol. The summed E-state index contributed by atoms with van der Waals surface area (Å²) in [5.74, 6) is -1.56. The minimum atomic E-state index is -5.06. The lowest BCUT2D eigenvalue weighted by atomic mass is 10.0. The van der Waals surface area contributed by atoms with Crippen LogP contribution in [-0.2, 0) is 32.0 Å². The largest absolute Gasteiger partial charge is 0.417 e. The summed E-state index contributed by atoms with van der Waals surface area (Å²) in [7, 11) is 0. The minimum absolute atomic E-state index is 0.0327. The van der Waals surface area contributed by atoms with Gasteiger partial charge in [0.2, 0.25) is 5.95 Å². The Hall–Kier alpha value is -4.43. The van der Waals surface area contributed by atoms with Gasteiger partial charge in [-0.15, -0.1) is 0 Å². The molecule has 3 heterocycles. The molecule has 1 aliphatic heterocycles. The van der Waals surface area contributed by atoms with Crippen LogP contribution in [0.1, 0.15) is 33.8 Å². The van der Waals surface area contributed by atoms with Crippen LogP contribution < -0.4 is 5.32 Å². The normalized spacial score (nSPS) is 13.6. The summed E-state index contributed by atoms with van der Waals surface area (Å²) in [6.07, 6.45) is -8.57. The third-order valence-corrected chi connectivity index (χ3v) is 5.80. The van der Waals surface area contributed by atoms with Crippen molar-refractivity contribution in [3.05, 3.63) is 87.9 Å². The van der Waals surface area contributed by atoms with Crippen LogP contribution >= 0.6 is 0 Å². The molecular formula is C24H16F8N6O. The van der Waals surface area contributed by atoms with Crippen molar-refractivity contribution in [2.75, 3.05) is 5.32 Å². The van der Waals surface area contributed by atoms with Crippen molar-refractivity contribution in [1.82, 2.24) is 20.1 Å². The molecule has 0 fully saturated rings. The first kappa shape index (κ1) is 26.2. The lowest BCUT2D eigenvalue weighted by Crippen LogP contribution is -2.21. The standard InChI is InChI=1S/C24H16F8N6O/c25-17-3-1-2-12(21(17)26)8-33-22-35-19-9-34-38(11-20(19)36-22)10-14-7-18(37-39-14)15-5-4-13(23(27,28)29)6-16(15)24(30,31)32/h1-7,9H,8,10-11H2,(H2,33,35,36). The molecule has 0 atom stereocenters. The van der Waals surface area contributed by atoms with Gasteiger partial charge in [-0.2, -0.15) is 31.4 Å². The van der Waals surface area contributed by atoms with E-state index < -0.39 is 40.7 Å². The molecule has 2 N–H and O–H groups in total. The van der Waals surface area contributed by atoms with Crippen molar-refractivity contribution in [2.24, 2.45) is 5.10 Å². The average molecular weight is 556 g/mol. The van der Waals surface area contributed by atoms with Crippen molar-refractivity contribution in [3.63, 3.8) is 0 Å². The van der Waals surface area contributed by atoms with E-state index in [1.807, 2.05) is 0 Å². The molecule has 0 spiro atoms. The van der Waals surface area contributed by atoms with Crippen molar-refractivity contribution in [1.29, 1.82) is 0 Å². The number of nitrogens with one attached hydrogen (secondary N) is 2. The van der Waals surface area contributed by atoms with Crippen molar-refractivity contribution in [2.45, 2.75) is 32.0 Å². The van der Waals surface area contributed by atoms with Gasteiger partial charge in [-0.3, -0.25) is 5.01 Å². The summed E-state index contributed by atoms with van der Waals surface area (Å²) in [4.78, 5) is 7.30. The average Bonchev–Trinajstić information content (AvgIpc) is 3.50. The van der Waals surface area contributed by atoms with Crippen LogP contribution in [0.3, 0.4) is 0 Å². The van der Waals surface area contributed by atoms with Crippen LogP contribution in [0, 0.1) is 11.6 Å². The Labute approximate surface area is 214 Å². The van der Waals surface area contributed by atoms with Crippen molar-refractivity contribution < 1.29 is 39.6 Å². The first-order chi connectivity index (χ1) is 18.4. The van der Waals surface area contributed by atoms with Gasteiger partial charge in [0.15, 0.2) is 17.4 Å². The third-order valence-electron chi connectivity index (χ3n) is 5.80. The number of halogens is 8. The summed E-state index contributed by atoms with van der Waals surface area (Å²) in [5.41, 5.74) is -2.60. The molecule has 0 saturated heterocycles. The van der Waals surface area contributed by atoms with E-state index in [1.165, 1.54) is 29.4 Å². The van der Waals surface area contributed by atoms with Crippen molar-refractivity contribution >= 4 is 12.2 Å². The van der Waals surface area contributed by atoms with Crippen molar-refractivity contribution in [3.8, 4) is 11.3 Å². The van der Waals surface area contributed by atoms with Crippen LogP contribution in [0.25, 0.3) is 11.3 Å². The van der Waals surface area contributed by atoms with Gasteiger partial charge in [-0.05, 0) is 18.2 Å². The Morgan fingerprint density at radius 1 is 1.00 bits per heavy atom.